The lowest BCUT2D eigenvalue weighted by Gasteiger charge is -2.11. The summed E-state index contributed by atoms with van der Waals surface area (Å²) in [6.07, 6.45) is 0. The molecule has 154 valence electrons. The van der Waals surface area contributed by atoms with Crippen molar-refractivity contribution in [3.8, 4) is 16.9 Å². The van der Waals surface area contributed by atoms with E-state index < -0.39 is 0 Å². The van der Waals surface area contributed by atoms with E-state index in [2.05, 4.69) is 0 Å². The normalized spacial score (nSPS) is 9.84. The third-order valence-corrected chi connectivity index (χ3v) is 4.49. The molecule has 4 aromatic rings. The first-order valence-corrected chi connectivity index (χ1v) is 9.83. The van der Waals surface area contributed by atoms with Gasteiger partial charge in [0, 0.05) is 5.56 Å². The van der Waals surface area contributed by atoms with Gasteiger partial charge in [-0.05, 0) is 48.4 Å². The first-order chi connectivity index (χ1) is 15.0. The van der Waals surface area contributed by atoms with E-state index in [1.807, 2.05) is 79.7 Å². The average Bonchev–Trinajstić information content (AvgIpc) is 2.81. The number of carbonyl (C=O) groups excluding carboxylic acids is 2. The lowest BCUT2D eigenvalue weighted by molar-refractivity contribution is 0.0735. The molecular weight excluding hydrogens is 386 g/mol. The SMILES string of the molecule is Cc1ccc(C(=O)Oc2ccccc2)c(-c2ccccc2)c1.NC(=O)c1ccccc1. The zero-order valence-corrected chi connectivity index (χ0v) is 17.2. The number of aryl methyl sites for hydroxylation is 1. The van der Waals surface area contributed by atoms with Crippen molar-refractivity contribution in [1.82, 2.24) is 0 Å². The third kappa shape index (κ3) is 6.15. The Hall–Kier alpha value is -4.18. The number of carbonyl (C=O) groups is 2. The fraction of sp³-hybridized carbons (Fsp3) is 0.0370. The Morgan fingerprint density at radius 3 is 1.81 bits per heavy atom. The number of ether oxygens (including phenoxy) is 1. The van der Waals surface area contributed by atoms with E-state index in [4.69, 9.17) is 10.5 Å². The fourth-order valence-corrected chi connectivity index (χ4v) is 2.95. The summed E-state index contributed by atoms with van der Waals surface area (Å²) in [6.45, 7) is 2.01. The molecule has 31 heavy (non-hydrogen) atoms. The molecular formula is C27H23NO3. The molecule has 4 nitrogen and oxygen atoms in total. The summed E-state index contributed by atoms with van der Waals surface area (Å²) in [5.41, 5.74) is 9.10. The molecule has 2 N–H and O–H groups in total. The van der Waals surface area contributed by atoms with E-state index in [1.165, 1.54) is 0 Å². The van der Waals surface area contributed by atoms with Crippen LogP contribution in [0, 0.1) is 6.92 Å². The molecule has 0 heterocycles. The van der Waals surface area contributed by atoms with Crippen LogP contribution in [0.1, 0.15) is 26.3 Å². The van der Waals surface area contributed by atoms with Gasteiger partial charge in [0.1, 0.15) is 5.75 Å². The van der Waals surface area contributed by atoms with Gasteiger partial charge in [-0.1, -0.05) is 84.4 Å². The zero-order chi connectivity index (χ0) is 22.1. The summed E-state index contributed by atoms with van der Waals surface area (Å²) >= 11 is 0. The molecule has 0 bridgehead atoms. The summed E-state index contributed by atoms with van der Waals surface area (Å²) in [5.74, 6) is -0.173. The van der Waals surface area contributed by atoms with E-state index in [9.17, 15) is 9.59 Å². The lowest BCUT2D eigenvalue weighted by atomic mass is 9.97. The molecule has 0 saturated heterocycles. The highest BCUT2D eigenvalue weighted by atomic mass is 16.5. The minimum atomic E-state index is -0.379. The van der Waals surface area contributed by atoms with Crippen LogP contribution in [0.2, 0.25) is 0 Å². The quantitative estimate of drug-likeness (QED) is 0.349. The van der Waals surface area contributed by atoms with Crippen molar-refractivity contribution in [2.45, 2.75) is 6.92 Å². The van der Waals surface area contributed by atoms with Gasteiger partial charge in [-0.3, -0.25) is 4.79 Å². The number of benzene rings is 4. The van der Waals surface area contributed by atoms with Crippen LogP contribution >= 0.6 is 0 Å². The van der Waals surface area contributed by atoms with Gasteiger partial charge in [0.25, 0.3) is 0 Å². The topological polar surface area (TPSA) is 69.4 Å². The van der Waals surface area contributed by atoms with E-state index in [-0.39, 0.29) is 11.9 Å². The second-order valence-electron chi connectivity index (χ2n) is 6.85. The molecule has 0 saturated carbocycles. The van der Waals surface area contributed by atoms with Gasteiger partial charge in [-0.15, -0.1) is 0 Å². The number of hydrogen-bond donors (Lipinski definition) is 1. The van der Waals surface area contributed by atoms with Crippen molar-refractivity contribution in [3.63, 3.8) is 0 Å². The first kappa shape index (κ1) is 21.5. The molecule has 0 fully saturated rings. The van der Waals surface area contributed by atoms with Crippen LogP contribution in [-0.4, -0.2) is 11.9 Å². The molecule has 1 amide bonds. The van der Waals surface area contributed by atoms with Crippen molar-refractivity contribution < 1.29 is 14.3 Å². The number of hydrogen-bond acceptors (Lipinski definition) is 3. The van der Waals surface area contributed by atoms with Gasteiger partial charge in [0.2, 0.25) is 5.91 Å². The molecule has 4 heteroatoms. The Morgan fingerprint density at radius 1 is 0.710 bits per heavy atom. The summed E-state index contributed by atoms with van der Waals surface area (Å²) < 4.78 is 5.46. The summed E-state index contributed by atoms with van der Waals surface area (Å²) in [6, 6.07) is 33.5. The highest BCUT2D eigenvalue weighted by molar-refractivity contribution is 5.98. The Kier molecular flexibility index (Phi) is 7.33. The van der Waals surface area contributed by atoms with Crippen molar-refractivity contribution in [3.05, 3.63) is 126 Å². The number of para-hydroxylation sites is 1. The molecule has 0 aliphatic heterocycles. The standard InChI is InChI=1S/C20H16O2.C7H7NO/c1-15-12-13-18(19(14-15)16-8-4-2-5-9-16)20(21)22-17-10-6-3-7-11-17;8-7(9)6-4-2-1-3-5-6/h2-14H,1H3;1-5H,(H2,8,9). The monoisotopic (exact) mass is 409 g/mol. The van der Waals surface area contributed by atoms with Gasteiger partial charge >= 0.3 is 5.97 Å². The maximum atomic E-state index is 12.5. The smallest absolute Gasteiger partial charge is 0.344 e. The Bertz CT molecular complexity index is 1140. The van der Waals surface area contributed by atoms with Crippen LogP contribution in [0.15, 0.2) is 109 Å². The minimum Gasteiger partial charge on any atom is -0.423 e. The lowest BCUT2D eigenvalue weighted by Crippen LogP contribution is -2.10. The first-order valence-electron chi connectivity index (χ1n) is 9.83. The minimum absolute atomic E-state index is 0.343. The van der Waals surface area contributed by atoms with Gasteiger partial charge in [-0.25, -0.2) is 4.79 Å². The average molecular weight is 409 g/mol. The van der Waals surface area contributed by atoms with Crippen LogP contribution < -0.4 is 10.5 Å². The number of nitrogens with two attached hydrogens (primary N) is 1. The maximum absolute atomic E-state index is 12.5. The highest BCUT2D eigenvalue weighted by Crippen LogP contribution is 2.26. The number of rotatable bonds is 4. The summed E-state index contributed by atoms with van der Waals surface area (Å²) in [7, 11) is 0. The third-order valence-electron chi connectivity index (χ3n) is 4.49. The molecule has 0 aliphatic carbocycles. The van der Waals surface area contributed by atoms with Gasteiger partial charge < -0.3 is 10.5 Å². The molecule has 0 atom stereocenters. The Balaban J connectivity index is 0.000000254. The Morgan fingerprint density at radius 2 is 1.26 bits per heavy atom. The predicted octanol–water partition coefficient (Wildman–Crippen LogP) is 5.67. The predicted molar refractivity (Wildman–Crippen MR) is 123 cm³/mol. The molecule has 0 spiro atoms. The molecule has 0 unspecified atom stereocenters. The zero-order valence-electron chi connectivity index (χ0n) is 17.2. The number of esters is 1. The van der Waals surface area contributed by atoms with Crippen LogP contribution in [0.4, 0.5) is 0 Å². The maximum Gasteiger partial charge on any atom is 0.344 e. The molecule has 0 aromatic heterocycles. The van der Waals surface area contributed by atoms with Crippen LogP contribution in [-0.2, 0) is 0 Å². The number of primary amides is 1. The second kappa shape index (κ2) is 10.6. The van der Waals surface area contributed by atoms with Crippen LogP contribution in [0.5, 0.6) is 5.75 Å². The van der Waals surface area contributed by atoms with E-state index in [1.54, 1.807) is 36.4 Å². The van der Waals surface area contributed by atoms with Gasteiger partial charge in [-0.2, -0.15) is 0 Å². The summed E-state index contributed by atoms with van der Waals surface area (Å²) in [4.78, 5) is 22.9. The van der Waals surface area contributed by atoms with Crippen LogP contribution in [0.25, 0.3) is 11.1 Å². The van der Waals surface area contributed by atoms with Crippen molar-refractivity contribution >= 4 is 11.9 Å². The Labute approximate surface area is 181 Å². The van der Waals surface area contributed by atoms with Gasteiger partial charge in [0.15, 0.2) is 0 Å². The van der Waals surface area contributed by atoms with Gasteiger partial charge in [0.05, 0.1) is 5.56 Å². The fourth-order valence-electron chi connectivity index (χ4n) is 2.95. The molecule has 0 radical (unpaired) electrons. The summed E-state index contributed by atoms with van der Waals surface area (Å²) in [5, 5.41) is 0. The van der Waals surface area contributed by atoms with E-state index in [0.29, 0.717) is 16.9 Å². The van der Waals surface area contributed by atoms with Crippen molar-refractivity contribution in [2.24, 2.45) is 5.73 Å². The van der Waals surface area contributed by atoms with Crippen molar-refractivity contribution in [1.29, 1.82) is 0 Å². The van der Waals surface area contributed by atoms with Crippen LogP contribution in [0.3, 0.4) is 0 Å². The largest absolute Gasteiger partial charge is 0.423 e. The molecule has 4 aromatic carbocycles. The van der Waals surface area contributed by atoms with E-state index in [0.717, 1.165) is 16.7 Å². The van der Waals surface area contributed by atoms with E-state index >= 15 is 0 Å². The second-order valence-corrected chi connectivity index (χ2v) is 6.85. The molecule has 4 rings (SSSR count). The molecule has 0 aliphatic rings. The van der Waals surface area contributed by atoms with Crippen molar-refractivity contribution in [2.75, 3.05) is 0 Å². The number of amides is 1. The highest BCUT2D eigenvalue weighted by Gasteiger charge is 2.15.